The first-order chi connectivity index (χ1) is 10.6. The van der Waals surface area contributed by atoms with E-state index in [9.17, 15) is 4.91 Å². The summed E-state index contributed by atoms with van der Waals surface area (Å²) < 4.78 is 8.11. The van der Waals surface area contributed by atoms with E-state index in [4.69, 9.17) is 4.74 Å². The summed E-state index contributed by atoms with van der Waals surface area (Å²) in [5, 5.41) is 2.89. The number of nitrogens with zero attached hydrogens (tertiary/aromatic N) is 5. The summed E-state index contributed by atoms with van der Waals surface area (Å²) in [5.41, 5.74) is 1.22. The molecule has 1 aliphatic rings. The summed E-state index contributed by atoms with van der Waals surface area (Å²) in [4.78, 5) is 21.0. The first-order valence-electron chi connectivity index (χ1n) is 7.55. The number of aromatic nitrogens is 4. The normalized spacial score (nSPS) is 19.6. The van der Waals surface area contributed by atoms with Crippen LogP contribution in [0.5, 0.6) is 0 Å². The van der Waals surface area contributed by atoms with Gasteiger partial charge in [0, 0.05) is 19.3 Å². The predicted molar refractivity (Wildman–Crippen MR) is 82.0 cm³/mol. The number of pyridine rings is 1. The van der Waals surface area contributed by atoms with Crippen LogP contribution in [0, 0.1) is 4.91 Å². The molecular formula is C14H23N6O2+. The molecule has 1 saturated heterocycles. The van der Waals surface area contributed by atoms with Crippen LogP contribution in [0.2, 0.25) is 0 Å². The van der Waals surface area contributed by atoms with Crippen LogP contribution in [0.15, 0.2) is 18.3 Å². The molecule has 0 radical (unpaired) electrons. The average Bonchev–Trinajstić information content (AvgIpc) is 2.86. The van der Waals surface area contributed by atoms with Gasteiger partial charge in [0.05, 0.1) is 23.8 Å². The first kappa shape index (κ1) is 15.1. The van der Waals surface area contributed by atoms with Crippen molar-refractivity contribution in [3.05, 3.63) is 23.2 Å². The van der Waals surface area contributed by atoms with E-state index in [-0.39, 0.29) is 12.2 Å². The molecule has 1 unspecified atom stereocenters. The highest BCUT2D eigenvalue weighted by Crippen LogP contribution is 2.23. The largest absolute Gasteiger partial charge is 0.379 e. The Morgan fingerprint density at radius 3 is 2.82 bits per heavy atom. The molecule has 22 heavy (non-hydrogen) atoms. The van der Waals surface area contributed by atoms with E-state index in [1.807, 2.05) is 18.8 Å². The predicted octanol–water partition coefficient (Wildman–Crippen LogP) is 0.0598. The van der Waals surface area contributed by atoms with Gasteiger partial charge in [-0.2, -0.15) is 0 Å². The lowest BCUT2D eigenvalue weighted by Crippen LogP contribution is -2.49. The maximum absolute atomic E-state index is 12.1. The van der Waals surface area contributed by atoms with Crippen LogP contribution in [0.3, 0.4) is 0 Å². The third kappa shape index (κ3) is 2.65. The Hall–Kier alpha value is -1.77. The highest BCUT2D eigenvalue weighted by molar-refractivity contribution is 5.65. The van der Waals surface area contributed by atoms with Crippen LogP contribution in [-0.4, -0.2) is 71.1 Å². The SMILES string of the molecule is C[C@@H](C(N1CCOCC1)n1[nH][n+](=O)c2cccnc21)N(C)C. The van der Waals surface area contributed by atoms with Crippen molar-refractivity contribution < 1.29 is 9.28 Å². The van der Waals surface area contributed by atoms with E-state index in [0.717, 1.165) is 17.6 Å². The maximum atomic E-state index is 12.1. The molecule has 2 atom stereocenters. The van der Waals surface area contributed by atoms with Crippen molar-refractivity contribution in [3.63, 3.8) is 0 Å². The van der Waals surface area contributed by atoms with Crippen LogP contribution in [0.4, 0.5) is 0 Å². The van der Waals surface area contributed by atoms with Gasteiger partial charge in [-0.1, -0.05) is 5.21 Å². The third-order valence-electron chi connectivity index (χ3n) is 4.34. The molecule has 1 N–H and O–H groups in total. The van der Waals surface area contributed by atoms with E-state index in [1.54, 1.807) is 18.3 Å². The summed E-state index contributed by atoms with van der Waals surface area (Å²) >= 11 is 0. The Bertz CT molecular complexity index is 688. The van der Waals surface area contributed by atoms with Crippen LogP contribution >= 0.6 is 0 Å². The summed E-state index contributed by atoms with van der Waals surface area (Å²) in [6.45, 7) is 5.24. The molecule has 8 nitrogen and oxygen atoms in total. The molecule has 0 aromatic carbocycles. The molecule has 0 spiro atoms. The smallest absolute Gasteiger partial charge is 0.295 e. The number of nitrogens with one attached hydrogen (secondary N) is 1. The molecule has 2 aromatic rings. The summed E-state index contributed by atoms with van der Waals surface area (Å²) in [5.74, 6) is 0. The summed E-state index contributed by atoms with van der Waals surface area (Å²) in [6, 6.07) is 3.75. The average molecular weight is 307 g/mol. The Labute approximate surface area is 128 Å². The number of morpholine rings is 1. The van der Waals surface area contributed by atoms with E-state index in [2.05, 4.69) is 26.9 Å². The van der Waals surface area contributed by atoms with Crippen LogP contribution < -0.4 is 4.54 Å². The molecule has 0 bridgehead atoms. The molecule has 3 rings (SSSR count). The molecule has 120 valence electrons. The van der Waals surface area contributed by atoms with Gasteiger partial charge in [-0.15, -0.1) is 4.68 Å². The number of H-pyrrole nitrogens is 1. The van der Waals surface area contributed by atoms with E-state index in [0.29, 0.717) is 24.4 Å². The number of fused-ring (bicyclic) bond motifs is 1. The van der Waals surface area contributed by atoms with Crippen LogP contribution in [0.25, 0.3) is 11.2 Å². The van der Waals surface area contributed by atoms with Crippen molar-refractivity contribution in [3.8, 4) is 0 Å². The zero-order chi connectivity index (χ0) is 15.7. The van der Waals surface area contributed by atoms with Gasteiger partial charge in [-0.25, -0.2) is 4.98 Å². The van der Waals surface area contributed by atoms with Crippen molar-refractivity contribution in [2.24, 2.45) is 0 Å². The molecule has 0 saturated carbocycles. The molecular weight excluding hydrogens is 284 g/mol. The highest BCUT2D eigenvalue weighted by Gasteiger charge is 2.36. The second-order valence-electron chi connectivity index (χ2n) is 5.88. The van der Waals surface area contributed by atoms with Crippen LogP contribution in [-0.2, 0) is 4.74 Å². The lowest BCUT2D eigenvalue weighted by molar-refractivity contribution is -0.542. The number of hydrogen-bond donors (Lipinski definition) is 1. The van der Waals surface area contributed by atoms with Gasteiger partial charge in [0.15, 0.2) is 6.17 Å². The molecule has 2 aromatic heterocycles. The molecule has 8 heteroatoms. The van der Waals surface area contributed by atoms with Crippen LogP contribution in [0.1, 0.15) is 13.1 Å². The number of ether oxygens (including phenoxy) is 1. The Balaban J connectivity index is 2.09. The van der Waals surface area contributed by atoms with Crippen molar-refractivity contribution >= 4 is 11.2 Å². The van der Waals surface area contributed by atoms with E-state index < -0.39 is 0 Å². The zero-order valence-corrected chi connectivity index (χ0v) is 13.3. The fourth-order valence-corrected chi connectivity index (χ4v) is 2.91. The minimum Gasteiger partial charge on any atom is -0.379 e. The fraction of sp³-hybridized carbons (Fsp3) is 0.643. The van der Waals surface area contributed by atoms with Gasteiger partial charge >= 0.3 is 0 Å². The monoisotopic (exact) mass is 307 g/mol. The summed E-state index contributed by atoms with van der Waals surface area (Å²) in [6.07, 6.45) is 1.70. The van der Waals surface area contributed by atoms with Gasteiger partial charge < -0.3 is 9.64 Å². The zero-order valence-electron chi connectivity index (χ0n) is 13.3. The molecule has 3 heterocycles. The van der Waals surface area contributed by atoms with E-state index in [1.165, 1.54) is 0 Å². The van der Waals surface area contributed by atoms with Gasteiger partial charge in [0.2, 0.25) is 0 Å². The quantitative estimate of drug-likeness (QED) is 0.809. The maximum Gasteiger partial charge on any atom is 0.295 e. The fourth-order valence-electron chi connectivity index (χ4n) is 2.91. The van der Waals surface area contributed by atoms with E-state index >= 15 is 0 Å². The Kier molecular flexibility index (Phi) is 4.23. The molecule has 1 fully saturated rings. The molecule has 1 aliphatic heterocycles. The van der Waals surface area contributed by atoms with Gasteiger partial charge in [0.1, 0.15) is 0 Å². The number of rotatable bonds is 4. The molecule has 0 amide bonds. The van der Waals surface area contributed by atoms with Crippen molar-refractivity contribution in [2.75, 3.05) is 40.4 Å². The van der Waals surface area contributed by atoms with Crippen molar-refractivity contribution in [2.45, 2.75) is 19.1 Å². The second-order valence-corrected chi connectivity index (χ2v) is 5.88. The lowest BCUT2D eigenvalue weighted by atomic mass is 10.2. The summed E-state index contributed by atoms with van der Waals surface area (Å²) in [7, 11) is 4.09. The number of aromatic amines is 1. The second kappa shape index (κ2) is 6.15. The minimum atomic E-state index is -0.00787. The number of likely N-dealkylation sites (N-methyl/N-ethyl adjacent to an activating group) is 1. The van der Waals surface area contributed by atoms with Gasteiger partial charge in [-0.05, 0) is 38.1 Å². The topological polar surface area (TPSA) is 72.3 Å². The minimum absolute atomic E-state index is 0.00787. The Morgan fingerprint density at radius 1 is 1.41 bits per heavy atom. The van der Waals surface area contributed by atoms with Gasteiger partial charge in [0.25, 0.3) is 11.2 Å². The van der Waals surface area contributed by atoms with Gasteiger partial charge in [-0.3, -0.25) is 4.90 Å². The lowest BCUT2D eigenvalue weighted by Gasteiger charge is -2.36. The standard InChI is InChI=1S/C14H23N6O2/c1-11(17(2)3)14(18-7-9-22-10-8-18)19-13-12(20(21)16-19)5-4-6-15-13/h4-6,11,14H,7-10H2,1-3H3,(H,16,21)/q+1/t11-,14?/m0/s1. The molecule has 0 aliphatic carbocycles. The first-order valence-corrected chi connectivity index (χ1v) is 7.55. The van der Waals surface area contributed by atoms with Crippen molar-refractivity contribution in [1.82, 2.24) is 24.7 Å². The highest BCUT2D eigenvalue weighted by atomic mass is 16.5. The number of hydrogen-bond acceptors (Lipinski definition) is 5. The van der Waals surface area contributed by atoms with Crippen molar-refractivity contribution in [1.29, 1.82) is 0 Å². The Morgan fingerprint density at radius 2 is 2.14 bits per heavy atom. The third-order valence-corrected chi connectivity index (χ3v) is 4.34.